The lowest BCUT2D eigenvalue weighted by molar-refractivity contribution is -0.123. The number of hydrogen-bond donors (Lipinski definition) is 3. The molecule has 1 aliphatic rings. The average Bonchev–Trinajstić information content (AvgIpc) is 2.89. The molecule has 2 aromatic carbocycles. The van der Waals surface area contributed by atoms with E-state index in [1.165, 1.54) is 16.9 Å². The van der Waals surface area contributed by atoms with Crippen LogP contribution in [0, 0.1) is 5.41 Å². The molecule has 0 spiro atoms. The minimum Gasteiger partial charge on any atom is -0.355 e. The second-order valence-corrected chi connectivity index (χ2v) is 14.5. The monoisotopic (exact) mass is 584 g/mol. The lowest BCUT2D eigenvalue weighted by Gasteiger charge is -2.25. The van der Waals surface area contributed by atoms with Crippen LogP contribution in [0.4, 0.5) is 5.69 Å². The summed E-state index contributed by atoms with van der Waals surface area (Å²) in [4.78, 5) is 26.5. The number of aryl methyl sites for hydroxylation is 2. The van der Waals surface area contributed by atoms with E-state index in [1.807, 2.05) is 19.1 Å². The van der Waals surface area contributed by atoms with Gasteiger partial charge in [0.05, 0.1) is 18.0 Å². The molecule has 9 heteroatoms. The highest BCUT2D eigenvalue weighted by atomic mass is 32.2. The molecule has 41 heavy (non-hydrogen) atoms. The van der Waals surface area contributed by atoms with Gasteiger partial charge in [-0.2, -0.15) is 0 Å². The van der Waals surface area contributed by atoms with Crippen LogP contribution in [0.2, 0.25) is 0 Å². The maximum Gasteiger partial charge on any atom is 0.251 e. The van der Waals surface area contributed by atoms with Gasteiger partial charge in [-0.15, -0.1) is 0 Å². The van der Waals surface area contributed by atoms with E-state index in [0.717, 1.165) is 49.5 Å². The number of sulfonamides is 1. The lowest BCUT2D eigenvalue weighted by atomic mass is 9.92. The van der Waals surface area contributed by atoms with Gasteiger partial charge in [0, 0.05) is 31.7 Å². The topological polar surface area (TPSA) is 108 Å². The van der Waals surface area contributed by atoms with Crippen LogP contribution in [0.25, 0.3) is 0 Å². The molecule has 0 saturated heterocycles. The minimum atomic E-state index is -3.49. The highest BCUT2D eigenvalue weighted by Crippen LogP contribution is 2.23. The third-order valence-electron chi connectivity index (χ3n) is 7.60. The molecule has 0 aliphatic carbocycles. The molecule has 3 N–H and O–H groups in total. The summed E-state index contributed by atoms with van der Waals surface area (Å²) in [5.41, 5.74) is 4.35. The first kappa shape index (κ1) is 32.6. The maximum atomic E-state index is 13.6. The van der Waals surface area contributed by atoms with Gasteiger partial charge >= 0.3 is 0 Å². The number of fused-ring (bicyclic) bond motifs is 4. The first-order valence-corrected chi connectivity index (χ1v) is 16.6. The maximum absolute atomic E-state index is 13.6. The number of carbonyl (C=O) groups excluding carboxylic acids is 2. The quantitative estimate of drug-likeness (QED) is 0.409. The summed E-state index contributed by atoms with van der Waals surface area (Å²) in [6.07, 6.45) is 6.89. The molecule has 0 fully saturated rings. The summed E-state index contributed by atoms with van der Waals surface area (Å²) in [6, 6.07) is 13.2. The van der Waals surface area contributed by atoms with Crippen molar-refractivity contribution in [2.45, 2.75) is 84.7 Å². The predicted molar refractivity (Wildman–Crippen MR) is 167 cm³/mol. The Hall–Kier alpha value is -2.91. The highest BCUT2D eigenvalue weighted by Gasteiger charge is 2.22. The smallest absolute Gasteiger partial charge is 0.251 e. The number of amides is 2. The lowest BCUT2D eigenvalue weighted by Crippen LogP contribution is -2.50. The number of hydrogen-bond acceptors (Lipinski definition) is 5. The van der Waals surface area contributed by atoms with Crippen LogP contribution in [-0.4, -0.2) is 58.7 Å². The summed E-state index contributed by atoms with van der Waals surface area (Å²) >= 11 is 0. The van der Waals surface area contributed by atoms with Gasteiger partial charge in [-0.3, -0.25) is 13.9 Å². The molecule has 2 aromatic rings. The van der Waals surface area contributed by atoms with E-state index in [0.29, 0.717) is 37.2 Å². The Labute approximate surface area is 246 Å². The van der Waals surface area contributed by atoms with E-state index in [4.69, 9.17) is 0 Å². The van der Waals surface area contributed by atoms with Gasteiger partial charge in [-0.05, 0) is 85.3 Å². The van der Waals surface area contributed by atoms with Crippen molar-refractivity contribution in [1.29, 1.82) is 0 Å². The second-order valence-electron chi connectivity index (χ2n) is 12.5. The van der Waals surface area contributed by atoms with Gasteiger partial charge in [0.2, 0.25) is 15.9 Å². The minimum absolute atomic E-state index is 0.0351. The Morgan fingerprint density at radius 3 is 2.41 bits per heavy atom. The molecule has 1 heterocycles. The molecule has 4 bridgehead atoms. The van der Waals surface area contributed by atoms with Crippen molar-refractivity contribution >= 4 is 27.5 Å². The third kappa shape index (κ3) is 10.5. The molecular weight excluding hydrogens is 536 g/mol. The molecule has 0 radical (unpaired) electrons. The molecule has 0 saturated carbocycles. The van der Waals surface area contributed by atoms with E-state index in [9.17, 15) is 18.0 Å². The fourth-order valence-electron chi connectivity index (χ4n) is 5.01. The standard InChI is InChI=1S/C32H48N4O4S/c1-7-29(31(38)33-16-15-32(2,3)4)34-22-27-19-24-14-10-13-23(17-24)11-8-9-12-25-18-26(30(37)35-27)21-28(20-25)36(5)41(6,39)40/h10,13-14,17-18,20-21,27,29,34H,7-9,11-12,15-16,19,22H2,1-6H3,(H,33,38)(H,35,37)/t27-,29-/m0/s1. The largest absolute Gasteiger partial charge is 0.355 e. The zero-order chi connectivity index (χ0) is 30.2. The van der Waals surface area contributed by atoms with Crippen molar-refractivity contribution in [3.8, 4) is 0 Å². The van der Waals surface area contributed by atoms with Crippen LogP contribution in [0.15, 0.2) is 42.5 Å². The number of benzene rings is 2. The van der Waals surface area contributed by atoms with Crippen LogP contribution in [0.3, 0.4) is 0 Å². The van der Waals surface area contributed by atoms with Crippen LogP contribution in [0.5, 0.6) is 0 Å². The van der Waals surface area contributed by atoms with Crippen molar-refractivity contribution in [3.05, 3.63) is 64.7 Å². The van der Waals surface area contributed by atoms with Crippen molar-refractivity contribution in [1.82, 2.24) is 16.0 Å². The van der Waals surface area contributed by atoms with Crippen molar-refractivity contribution in [3.63, 3.8) is 0 Å². The molecule has 2 atom stereocenters. The van der Waals surface area contributed by atoms with E-state index >= 15 is 0 Å². The Morgan fingerprint density at radius 1 is 1.07 bits per heavy atom. The predicted octanol–water partition coefficient (Wildman–Crippen LogP) is 4.22. The summed E-state index contributed by atoms with van der Waals surface area (Å²) in [5, 5.41) is 9.62. The van der Waals surface area contributed by atoms with Crippen LogP contribution in [0.1, 0.15) is 80.4 Å². The summed E-state index contributed by atoms with van der Waals surface area (Å²) in [5.74, 6) is -0.301. The Morgan fingerprint density at radius 2 is 1.76 bits per heavy atom. The average molecular weight is 585 g/mol. The molecule has 0 unspecified atom stereocenters. The van der Waals surface area contributed by atoms with Crippen molar-refractivity contribution < 1.29 is 18.0 Å². The number of nitrogens with one attached hydrogen (secondary N) is 3. The van der Waals surface area contributed by atoms with Gasteiger partial charge in [-0.1, -0.05) is 52.0 Å². The fourth-order valence-corrected chi connectivity index (χ4v) is 5.50. The van der Waals surface area contributed by atoms with Crippen LogP contribution in [-0.2, 0) is 34.1 Å². The zero-order valence-corrected chi connectivity index (χ0v) is 26.4. The van der Waals surface area contributed by atoms with Gasteiger partial charge in [-0.25, -0.2) is 8.42 Å². The van der Waals surface area contributed by atoms with Crippen molar-refractivity contribution in [2.75, 3.05) is 30.7 Å². The van der Waals surface area contributed by atoms with Gasteiger partial charge in [0.25, 0.3) is 5.91 Å². The van der Waals surface area contributed by atoms with Gasteiger partial charge in [0.1, 0.15) is 0 Å². The Balaban J connectivity index is 1.85. The normalized spacial score (nSPS) is 17.2. The fraction of sp³-hybridized carbons (Fsp3) is 0.562. The Bertz CT molecular complexity index is 1300. The van der Waals surface area contributed by atoms with E-state index < -0.39 is 10.0 Å². The van der Waals surface area contributed by atoms with Gasteiger partial charge < -0.3 is 16.0 Å². The SMILES string of the molecule is CC[C@H](NC[C@@H]1Cc2cccc(c2)CCCCc2cc(cc(N(C)S(C)(=O)=O)c2)C(=O)N1)C(=O)NCCC(C)(C)C. The molecule has 8 nitrogen and oxygen atoms in total. The highest BCUT2D eigenvalue weighted by molar-refractivity contribution is 7.92. The number of nitrogens with zero attached hydrogens (tertiary/aromatic N) is 1. The van der Waals surface area contributed by atoms with Crippen LogP contribution >= 0.6 is 0 Å². The van der Waals surface area contributed by atoms with Crippen LogP contribution < -0.4 is 20.3 Å². The number of rotatable bonds is 9. The zero-order valence-electron chi connectivity index (χ0n) is 25.5. The van der Waals surface area contributed by atoms with E-state index in [2.05, 4.69) is 61.0 Å². The summed E-state index contributed by atoms with van der Waals surface area (Å²) in [7, 11) is -1.98. The second kappa shape index (κ2) is 14.3. The first-order valence-electron chi connectivity index (χ1n) is 14.7. The molecule has 1 aliphatic heterocycles. The molecular formula is C32H48N4O4S. The molecule has 3 rings (SSSR count). The Kier molecular flexibility index (Phi) is 11.4. The molecule has 226 valence electrons. The van der Waals surface area contributed by atoms with E-state index in [-0.39, 0.29) is 29.3 Å². The number of carbonyl (C=O) groups is 2. The molecule has 2 amide bonds. The summed E-state index contributed by atoms with van der Waals surface area (Å²) in [6.45, 7) is 9.46. The molecule has 0 aromatic heterocycles. The number of anilines is 1. The third-order valence-corrected chi connectivity index (χ3v) is 8.81. The van der Waals surface area contributed by atoms with Crippen molar-refractivity contribution in [2.24, 2.45) is 5.41 Å². The van der Waals surface area contributed by atoms with Gasteiger partial charge in [0.15, 0.2) is 0 Å². The summed E-state index contributed by atoms with van der Waals surface area (Å²) < 4.78 is 25.8. The first-order chi connectivity index (χ1) is 19.2. The van der Waals surface area contributed by atoms with E-state index in [1.54, 1.807) is 6.07 Å².